The van der Waals surface area contributed by atoms with Crippen LogP contribution in [-0.2, 0) is 19.1 Å². The summed E-state index contributed by atoms with van der Waals surface area (Å²) in [4.78, 5) is 20.2. The van der Waals surface area contributed by atoms with E-state index in [-0.39, 0.29) is 11.9 Å². The molecule has 4 heteroatoms. The number of rotatable bonds is 4. The smallest absolute Gasteiger partial charge is 0.310 e. The van der Waals surface area contributed by atoms with Crippen LogP contribution in [0.5, 0.6) is 0 Å². The zero-order chi connectivity index (χ0) is 11.4. The van der Waals surface area contributed by atoms with E-state index in [2.05, 4.69) is 22.6 Å². The summed E-state index contributed by atoms with van der Waals surface area (Å²) >= 11 is 0. The van der Waals surface area contributed by atoms with E-state index in [0.717, 1.165) is 12.5 Å². The van der Waals surface area contributed by atoms with Gasteiger partial charge in [-0.15, -0.1) is 0 Å². The Morgan fingerprint density at radius 1 is 1.00 bits per heavy atom. The van der Waals surface area contributed by atoms with Crippen molar-refractivity contribution < 1.29 is 19.1 Å². The highest BCUT2D eigenvalue weighted by Crippen LogP contribution is 1.81. The van der Waals surface area contributed by atoms with E-state index in [4.69, 9.17) is 0 Å². The first kappa shape index (κ1) is 14.9. The van der Waals surface area contributed by atoms with Gasteiger partial charge in [0.25, 0.3) is 0 Å². The molecular formula is C10H16O4. The molecular weight excluding hydrogens is 184 g/mol. The third-order valence-corrected chi connectivity index (χ3v) is 1.01. The Kier molecular flexibility index (Phi) is 12.2. The SMILES string of the molecule is C=COC(=O)CC.C=COC(=O)CC. The topological polar surface area (TPSA) is 52.6 Å². The Hall–Kier alpha value is -1.58. The normalized spacial score (nSPS) is 7.57. The van der Waals surface area contributed by atoms with E-state index < -0.39 is 0 Å². The Balaban J connectivity index is 0. The van der Waals surface area contributed by atoms with Crippen LogP contribution < -0.4 is 0 Å². The van der Waals surface area contributed by atoms with Gasteiger partial charge in [-0.05, 0) is 0 Å². The largest absolute Gasteiger partial charge is 0.435 e. The Morgan fingerprint density at radius 3 is 1.36 bits per heavy atom. The summed E-state index contributed by atoms with van der Waals surface area (Å²) < 4.78 is 8.63. The quantitative estimate of drug-likeness (QED) is 0.515. The monoisotopic (exact) mass is 200 g/mol. The third-order valence-electron chi connectivity index (χ3n) is 1.01. The van der Waals surface area contributed by atoms with Gasteiger partial charge in [0.15, 0.2) is 0 Å². The first-order valence-electron chi connectivity index (χ1n) is 4.23. The molecule has 0 saturated carbocycles. The number of hydrogen-bond acceptors (Lipinski definition) is 4. The summed E-state index contributed by atoms with van der Waals surface area (Å²) in [5.41, 5.74) is 0. The van der Waals surface area contributed by atoms with E-state index in [9.17, 15) is 9.59 Å². The fraction of sp³-hybridized carbons (Fsp3) is 0.400. The van der Waals surface area contributed by atoms with Gasteiger partial charge in [0.05, 0.1) is 12.5 Å². The van der Waals surface area contributed by atoms with Crippen molar-refractivity contribution in [2.45, 2.75) is 26.7 Å². The van der Waals surface area contributed by atoms with Crippen molar-refractivity contribution in [3.05, 3.63) is 25.7 Å². The highest BCUT2D eigenvalue weighted by atomic mass is 16.5. The lowest BCUT2D eigenvalue weighted by Gasteiger charge is -1.88. The minimum absolute atomic E-state index is 0.241. The lowest BCUT2D eigenvalue weighted by atomic mass is 10.5. The molecule has 0 aromatic heterocycles. The van der Waals surface area contributed by atoms with Crippen LogP contribution in [0, 0.1) is 0 Å². The fourth-order valence-corrected chi connectivity index (χ4v) is 0.353. The second kappa shape index (κ2) is 11.4. The molecule has 0 bridgehead atoms. The molecule has 0 aliphatic rings. The second-order valence-corrected chi connectivity index (χ2v) is 2.02. The summed E-state index contributed by atoms with van der Waals surface area (Å²) in [6.07, 6.45) is 3.08. The summed E-state index contributed by atoms with van der Waals surface area (Å²) in [5.74, 6) is -0.481. The van der Waals surface area contributed by atoms with Crippen LogP contribution in [0.1, 0.15) is 26.7 Å². The highest BCUT2D eigenvalue weighted by molar-refractivity contribution is 5.69. The second-order valence-electron chi connectivity index (χ2n) is 2.02. The van der Waals surface area contributed by atoms with Gasteiger partial charge in [-0.25, -0.2) is 0 Å². The minimum Gasteiger partial charge on any atom is -0.435 e. The maximum Gasteiger partial charge on any atom is 0.310 e. The van der Waals surface area contributed by atoms with Crippen LogP contribution >= 0.6 is 0 Å². The molecule has 0 radical (unpaired) electrons. The summed E-state index contributed by atoms with van der Waals surface area (Å²) in [6, 6.07) is 0. The van der Waals surface area contributed by atoms with E-state index in [0.29, 0.717) is 12.8 Å². The van der Waals surface area contributed by atoms with Gasteiger partial charge in [0, 0.05) is 12.8 Å². The first-order chi connectivity index (χ1) is 6.62. The van der Waals surface area contributed by atoms with E-state index in [1.54, 1.807) is 13.8 Å². The molecule has 0 fully saturated rings. The minimum atomic E-state index is -0.241. The Morgan fingerprint density at radius 2 is 1.29 bits per heavy atom. The predicted octanol–water partition coefficient (Wildman–Crippen LogP) is 2.17. The van der Waals surface area contributed by atoms with Crippen LogP contribution in [-0.4, -0.2) is 11.9 Å². The van der Waals surface area contributed by atoms with E-state index in [1.807, 2.05) is 0 Å². The zero-order valence-electron chi connectivity index (χ0n) is 8.62. The van der Waals surface area contributed by atoms with Crippen LogP contribution in [0.3, 0.4) is 0 Å². The van der Waals surface area contributed by atoms with E-state index >= 15 is 0 Å². The maximum absolute atomic E-state index is 10.1. The molecule has 0 amide bonds. The van der Waals surface area contributed by atoms with Gasteiger partial charge in [-0.3, -0.25) is 9.59 Å². The van der Waals surface area contributed by atoms with Gasteiger partial charge in [0.2, 0.25) is 0 Å². The van der Waals surface area contributed by atoms with Crippen molar-refractivity contribution in [1.29, 1.82) is 0 Å². The molecule has 14 heavy (non-hydrogen) atoms. The average molecular weight is 200 g/mol. The number of ether oxygens (including phenoxy) is 2. The lowest BCUT2D eigenvalue weighted by molar-refractivity contribution is -0.138. The zero-order valence-corrected chi connectivity index (χ0v) is 8.62. The number of carbonyl (C=O) groups is 2. The summed E-state index contributed by atoms with van der Waals surface area (Å²) in [7, 11) is 0. The van der Waals surface area contributed by atoms with Crippen LogP contribution in [0.25, 0.3) is 0 Å². The molecule has 0 unspecified atom stereocenters. The van der Waals surface area contributed by atoms with Crippen molar-refractivity contribution in [3.63, 3.8) is 0 Å². The number of carbonyl (C=O) groups excluding carboxylic acids is 2. The standard InChI is InChI=1S/2C5H8O2/c2*1-3-5(6)7-4-2/h2*4H,2-3H2,1H3. The summed E-state index contributed by atoms with van der Waals surface area (Å²) in [5, 5.41) is 0. The van der Waals surface area contributed by atoms with Crippen molar-refractivity contribution in [1.82, 2.24) is 0 Å². The highest BCUT2D eigenvalue weighted by Gasteiger charge is 1.90. The number of hydrogen-bond donors (Lipinski definition) is 0. The average Bonchev–Trinajstić information content (AvgIpc) is 2.19. The molecule has 0 aliphatic carbocycles. The van der Waals surface area contributed by atoms with Gasteiger partial charge in [-0.1, -0.05) is 27.0 Å². The predicted molar refractivity (Wildman–Crippen MR) is 53.2 cm³/mol. The van der Waals surface area contributed by atoms with Gasteiger partial charge in [0.1, 0.15) is 0 Å². The van der Waals surface area contributed by atoms with Gasteiger partial charge >= 0.3 is 11.9 Å². The fourth-order valence-electron chi connectivity index (χ4n) is 0.353. The molecule has 0 saturated heterocycles. The van der Waals surface area contributed by atoms with Crippen molar-refractivity contribution >= 4 is 11.9 Å². The molecule has 4 nitrogen and oxygen atoms in total. The van der Waals surface area contributed by atoms with E-state index in [1.165, 1.54) is 0 Å². The molecule has 0 aliphatic heterocycles. The lowest BCUT2D eigenvalue weighted by Crippen LogP contribution is -1.94. The molecule has 0 atom stereocenters. The summed E-state index contributed by atoms with van der Waals surface area (Å²) in [6.45, 7) is 9.87. The number of esters is 2. The van der Waals surface area contributed by atoms with Crippen molar-refractivity contribution in [2.75, 3.05) is 0 Å². The van der Waals surface area contributed by atoms with Crippen LogP contribution in [0.4, 0.5) is 0 Å². The van der Waals surface area contributed by atoms with Crippen molar-refractivity contribution in [3.8, 4) is 0 Å². The molecule has 0 N–H and O–H groups in total. The van der Waals surface area contributed by atoms with Crippen molar-refractivity contribution in [2.24, 2.45) is 0 Å². The van der Waals surface area contributed by atoms with Gasteiger partial charge < -0.3 is 9.47 Å². The molecule has 0 aromatic rings. The molecule has 0 aromatic carbocycles. The molecule has 0 heterocycles. The van der Waals surface area contributed by atoms with Crippen LogP contribution in [0.2, 0.25) is 0 Å². The molecule has 80 valence electrons. The third kappa shape index (κ3) is 13.0. The Bertz CT molecular complexity index is 174. The van der Waals surface area contributed by atoms with Crippen LogP contribution in [0.15, 0.2) is 25.7 Å². The molecule has 0 spiro atoms. The molecule has 0 rings (SSSR count). The first-order valence-corrected chi connectivity index (χ1v) is 4.23. The van der Waals surface area contributed by atoms with Gasteiger partial charge in [-0.2, -0.15) is 0 Å². The maximum atomic E-state index is 10.1. The Labute approximate surface area is 84.2 Å².